The fraction of sp³-hybridized carbons (Fsp3) is 0.424. The van der Waals surface area contributed by atoms with Crippen LogP contribution in [0.1, 0.15) is 66.4 Å². The minimum atomic E-state index is -0.604. The Hall–Kier alpha value is -3.58. The van der Waals surface area contributed by atoms with Gasteiger partial charge in [-0.05, 0) is 109 Å². The number of esters is 1. The normalized spacial score (nSPS) is 24.6. The van der Waals surface area contributed by atoms with E-state index in [1.807, 2.05) is 24.3 Å². The number of halogens is 1. The van der Waals surface area contributed by atoms with E-state index in [2.05, 4.69) is 10.3 Å². The molecule has 208 valence electrons. The van der Waals surface area contributed by atoms with Crippen LogP contribution in [0.4, 0.5) is 10.1 Å². The van der Waals surface area contributed by atoms with E-state index in [0.717, 1.165) is 52.6 Å². The molecule has 0 spiro atoms. The van der Waals surface area contributed by atoms with Crippen molar-refractivity contribution in [2.75, 3.05) is 11.9 Å². The van der Waals surface area contributed by atoms with Gasteiger partial charge in [0.1, 0.15) is 0 Å². The first-order valence-corrected chi connectivity index (χ1v) is 14.4. The molecule has 1 amide bonds. The number of anilines is 1. The van der Waals surface area contributed by atoms with Gasteiger partial charge in [0.05, 0.1) is 24.9 Å². The summed E-state index contributed by atoms with van der Waals surface area (Å²) in [6.07, 6.45) is 11.8. The van der Waals surface area contributed by atoms with E-state index >= 15 is 0 Å². The number of hydrogen-bond acceptors (Lipinski definition) is 5. The Bertz CT molecular complexity index is 1390. The molecule has 7 heteroatoms. The topological polar surface area (TPSA) is 94.3 Å². The molecule has 4 aliphatic rings. The summed E-state index contributed by atoms with van der Waals surface area (Å²) < 4.78 is 19.7. The lowest BCUT2D eigenvalue weighted by atomic mass is 9.49. The summed E-state index contributed by atoms with van der Waals surface area (Å²) in [6, 6.07) is 14.3. The number of pyridine rings is 1. The zero-order valence-corrected chi connectivity index (χ0v) is 22.7. The highest BCUT2D eigenvalue weighted by atomic mass is 19.1. The van der Waals surface area contributed by atoms with Gasteiger partial charge in [-0.25, -0.2) is 4.39 Å². The van der Waals surface area contributed by atoms with E-state index in [4.69, 9.17) is 10.5 Å². The highest BCUT2D eigenvalue weighted by Crippen LogP contribution is 2.61. The van der Waals surface area contributed by atoms with Crippen LogP contribution < -0.4 is 11.1 Å². The Morgan fingerprint density at radius 2 is 1.77 bits per heavy atom. The Balaban J connectivity index is 1.10. The van der Waals surface area contributed by atoms with Crippen LogP contribution in [0.2, 0.25) is 0 Å². The molecule has 3 N–H and O–H groups in total. The van der Waals surface area contributed by atoms with Crippen LogP contribution in [0.3, 0.4) is 0 Å². The van der Waals surface area contributed by atoms with Gasteiger partial charge in [0.15, 0.2) is 5.82 Å². The van der Waals surface area contributed by atoms with Gasteiger partial charge in [-0.3, -0.25) is 14.6 Å². The monoisotopic (exact) mass is 541 g/mol. The molecule has 1 aromatic heterocycles. The molecule has 0 radical (unpaired) electrons. The number of hydrogen-bond donors (Lipinski definition) is 2. The first-order chi connectivity index (χ1) is 19.4. The average molecular weight is 542 g/mol. The Morgan fingerprint density at radius 3 is 2.48 bits per heavy atom. The van der Waals surface area contributed by atoms with Gasteiger partial charge in [0.2, 0.25) is 0 Å². The van der Waals surface area contributed by atoms with Crippen LogP contribution >= 0.6 is 0 Å². The van der Waals surface area contributed by atoms with Gasteiger partial charge in [0, 0.05) is 18.3 Å². The predicted molar refractivity (Wildman–Crippen MR) is 152 cm³/mol. The van der Waals surface area contributed by atoms with Gasteiger partial charge in [0.25, 0.3) is 5.91 Å². The van der Waals surface area contributed by atoms with Crippen molar-refractivity contribution in [1.29, 1.82) is 0 Å². The molecule has 4 saturated carbocycles. The van der Waals surface area contributed by atoms with Crippen LogP contribution in [-0.4, -0.2) is 23.5 Å². The number of ether oxygens (including phenoxy) is 1. The van der Waals surface area contributed by atoms with Gasteiger partial charge in [-0.1, -0.05) is 30.3 Å². The van der Waals surface area contributed by atoms with Crippen LogP contribution in [0.5, 0.6) is 0 Å². The summed E-state index contributed by atoms with van der Waals surface area (Å²) in [5.74, 6) is 1.42. The number of nitrogens with two attached hydrogens (primary N) is 1. The van der Waals surface area contributed by atoms with E-state index in [1.54, 1.807) is 18.2 Å². The molecule has 0 aliphatic heterocycles. The lowest BCUT2D eigenvalue weighted by Crippen LogP contribution is -2.46. The first-order valence-electron chi connectivity index (χ1n) is 14.4. The number of amides is 1. The molecule has 4 bridgehead atoms. The Morgan fingerprint density at radius 1 is 1.02 bits per heavy atom. The van der Waals surface area contributed by atoms with Gasteiger partial charge in [-0.2, -0.15) is 0 Å². The third kappa shape index (κ3) is 5.66. The maximum Gasteiger partial charge on any atom is 0.310 e. The molecule has 7 rings (SSSR count). The van der Waals surface area contributed by atoms with Crippen LogP contribution in [0.25, 0.3) is 11.1 Å². The number of benzene rings is 2. The van der Waals surface area contributed by atoms with Crippen LogP contribution in [0.15, 0.2) is 60.9 Å². The van der Waals surface area contributed by atoms with Crippen molar-refractivity contribution < 1.29 is 18.7 Å². The lowest BCUT2D eigenvalue weighted by molar-refractivity contribution is -0.145. The average Bonchev–Trinajstić information content (AvgIpc) is 2.93. The molecule has 0 saturated heterocycles. The summed E-state index contributed by atoms with van der Waals surface area (Å²) >= 11 is 0. The van der Waals surface area contributed by atoms with Crippen molar-refractivity contribution in [3.63, 3.8) is 0 Å². The van der Waals surface area contributed by atoms with Crippen molar-refractivity contribution in [3.05, 3.63) is 83.4 Å². The maximum absolute atomic E-state index is 14.0. The van der Waals surface area contributed by atoms with Crippen LogP contribution in [-0.2, 0) is 22.5 Å². The second kappa shape index (κ2) is 11.1. The summed E-state index contributed by atoms with van der Waals surface area (Å²) in [6.45, 7) is 0.782. The fourth-order valence-electron chi connectivity index (χ4n) is 7.88. The molecule has 3 aromatic rings. The molecule has 2 aromatic carbocycles. The van der Waals surface area contributed by atoms with E-state index in [-0.39, 0.29) is 24.6 Å². The largest absolute Gasteiger partial charge is 0.465 e. The maximum atomic E-state index is 14.0. The molecule has 40 heavy (non-hydrogen) atoms. The standard InChI is InChI=1S/C33H36FN3O3/c34-29-20-36-8-6-30(29)37-32(39)26-4-5-27(19-35)28(15-26)25-3-1-2-21(13-25)14-31(38)40-9-7-33-16-22-10-23(17-33)12-24(11-22)18-33/h1-6,8,13,15,20,22-24H,7,9-12,14,16-19,35H2,(H,36,37,39). The van der Waals surface area contributed by atoms with Gasteiger partial charge in [-0.15, -0.1) is 0 Å². The summed E-state index contributed by atoms with van der Waals surface area (Å²) in [4.78, 5) is 29.4. The third-order valence-corrected chi connectivity index (χ3v) is 9.26. The molecule has 6 nitrogen and oxygen atoms in total. The molecular formula is C33H36FN3O3. The SMILES string of the molecule is NCc1ccc(C(=O)Nc2ccncc2F)cc1-c1cccc(CC(=O)OCCC23CC4CC(CC(C4)C2)C3)c1. The number of aromatic nitrogens is 1. The van der Waals surface area contributed by atoms with Gasteiger partial charge < -0.3 is 15.8 Å². The second-order valence-electron chi connectivity index (χ2n) is 12.2. The van der Waals surface area contributed by atoms with E-state index in [1.165, 1.54) is 50.8 Å². The number of carbonyl (C=O) groups excluding carboxylic acids is 2. The number of rotatable bonds is 9. The number of nitrogens with zero attached hydrogens (tertiary/aromatic N) is 1. The lowest BCUT2D eigenvalue weighted by Gasteiger charge is -2.57. The van der Waals surface area contributed by atoms with Crippen molar-refractivity contribution in [3.8, 4) is 11.1 Å². The minimum Gasteiger partial charge on any atom is -0.465 e. The van der Waals surface area contributed by atoms with E-state index < -0.39 is 11.7 Å². The molecule has 4 aliphatic carbocycles. The zero-order valence-electron chi connectivity index (χ0n) is 22.7. The Kier molecular flexibility index (Phi) is 7.41. The number of carbonyl (C=O) groups is 2. The Labute approximate surface area is 234 Å². The third-order valence-electron chi connectivity index (χ3n) is 9.26. The van der Waals surface area contributed by atoms with Crippen LogP contribution in [0, 0.1) is 29.0 Å². The molecular weight excluding hydrogens is 505 g/mol. The summed E-state index contributed by atoms with van der Waals surface area (Å²) in [5, 5.41) is 2.59. The molecule has 0 unspecified atom stereocenters. The second-order valence-corrected chi connectivity index (χ2v) is 12.2. The summed E-state index contributed by atoms with van der Waals surface area (Å²) in [5.41, 5.74) is 10.2. The van der Waals surface area contributed by atoms with Gasteiger partial charge >= 0.3 is 5.97 Å². The van der Waals surface area contributed by atoms with Crippen molar-refractivity contribution >= 4 is 17.6 Å². The highest BCUT2D eigenvalue weighted by Gasteiger charge is 2.50. The first kappa shape index (κ1) is 26.6. The molecule has 1 heterocycles. The number of nitrogens with one attached hydrogen (secondary N) is 1. The van der Waals surface area contributed by atoms with E-state index in [0.29, 0.717) is 17.6 Å². The molecule has 0 atom stereocenters. The quantitative estimate of drug-likeness (QED) is 0.311. The summed E-state index contributed by atoms with van der Waals surface area (Å²) in [7, 11) is 0. The fourth-order valence-corrected chi connectivity index (χ4v) is 7.88. The predicted octanol–water partition coefficient (Wildman–Crippen LogP) is 6.29. The minimum absolute atomic E-state index is 0.0631. The van der Waals surface area contributed by atoms with Crippen molar-refractivity contribution in [2.45, 2.75) is 57.9 Å². The van der Waals surface area contributed by atoms with E-state index in [9.17, 15) is 14.0 Å². The highest BCUT2D eigenvalue weighted by molar-refractivity contribution is 6.05. The van der Waals surface area contributed by atoms with Crippen molar-refractivity contribution in [1.82, 2.24) is 4.98 Å². The zero-order chi connectivity index (χ0) is 27.7. The smallest absolute Gasteiger partial charge is 0.310 e. The van der Waals surface area contributed by atoms with Crippen molar-refractivity contribution in [2.24, 2.45) is 28.9 Å². The molecule has 4 fully saturated rings.